The third-order valence-corrected chi connectivity index (χ3v) is 6.32. The Labute approximate surface area is 171 Å². The van der Waals surface area contributed by atoms with Gasteiger partial charge >= 0.3 is 0 Å². The molecule has 0 bridgehead atoms. The predicted octanol–water partition coefficient (Wildman–Crippen LogP) is 4.71. The van der Waals surface area contributed by atoms with Gasteiger partial charge in [0.05, 0.1) is 34.4 Å². The summed E-state index contributed by atoms with van der Waals surface area (Å²) in [5.41, 5.74) is 2.35. The molecule has 0 amide bonds. The Balaban J connectivity index is 1.81. The molecule has 5 nitrogen and oxygen atoms in total. The van der Waals surface area contributed by atoms with Crippen molar-refractivity contribution in [2.24, 2.45) is 0 Å². The zero-order valence-electron chi connectivity index (χ0n) is 15.6. The molecular weight excluding hydrogens is 390 g/mol. The molecule has 0 saturated heterocycles. The van der Waals surface area contributed by atoms with Crippen molar-refractivity contribution in [3.63, 3.8) is 0 Å². The largest absolute Gasteiger partial charge is 0.497 e. The summed E-state index contributed by atoms with van der Waals surface area (Å²) in [4.78, 5) is 22.7. The maximum absolute atomic E-state index is 13.3. The summed E-state index contributed by atoms with van der Waals surface area (Å²) in [5.74, 6) is 1.35. The first-order chi connectivity index (χ1) is 13.7. The van der Waals surface area contributed by atoms with Gasteiger partial charge in [-0.15, -0.1) is 11.3 Å². The summed E-state index contributed by atoms with van der Waals surface area (Å²) in [7, 11) is 1.61. The summed E-state index contributed by atoms with van der Waals surface area (Å²) in [6, 6.07) is 14.9. The van der Waals surface area contributed by atoms with E-state index in [-0.39, 0.29) is 5.56 Å². The molecule has 142 valence electrons. The van der Waals surface area contributed by atoms with E-state index < -0.39 is 0 Å². The molecule has 0 spiro atoms. The summed E-state index contributed by atoms with van der Waals surface area (Å²) >= 11 is 3.18. The average molecular weight is 410 g/mol. The van der Waals surface area contributed by atoms with E-state index in [4.69, 9.17) is 9.72 Å². The first kappa shape index (κ1) is 18.7. The minimum atomic E-state index is -0.0890. The van der Waals surface area contributed by atoms with E-state index in [0.29, 0.717) is 27.6 Å². The van der Waals surface area contributed by atoms with Crippen LogP contribution in [0.5, 0.6) is 5.75 Å². The molecule has 0 unspecified atom stereocenters. The molecule has 4 rings (SSSR count). The smallest absolute Gasteiger partial charge is 0.266 e. The third-order valence-electron chi connectivity index (χ3n) is 4.31. The monoisotopic (exact) mass is 409 g/mol. The van der Waals surface area contributed by atoms with E-state index in [1.165, 1.54) is 11.8 Å². The van der Waals surface area contributed by atoms with Crippen molar-refractivity contribution in [2.45, 2.75) is 24.3 Å². The number of nitrogens with zero attached hydrogens (tertiary/aromatic N) is 3. The van der Waals surface area contributed by atoms with Crippen molar-refractivity contribution in [2.75, 3.05) is 7.11 Å². The van der Waals surface area contributed by atoms with Crippen LogP contribution < -0.4 is 10.3 Å². The third kappa shape index (κ3) is 3.68. The molecule has 2 aromatic carbocycles. The Hall–Kier alpha value is -2.64. The van der Waals surface area contributed by atoms with E-state index in [1.54, 1.807) is 23.0 Å². The quantitative estimate of drug-likeness (QED) is 0.341. The lowest BCUT2D eigenvalue weighted by atomic mass is 10.2. The van der Waals surface area contributed by atoms with Crippen LogP contribution in [0.1, 0.15) is 17.6 Å². The van der Waals surface area contributed by atoms with E-state index in [0.717, 1.165) is 22.8 Å². The molecule has 0 atom stereocenters. The fraction of sp³-hybridized carbons (Fsp3) is 0.190. The number of hydrogen-bond acceptors (Lipinski definition) is 6. The van der Waals surface area contributed by atoms with Crippen LogP contribution in [-0.4, -0.2) is 21.6 Å². The SMILES string of the molecule is CCc1nc(CSc2nc3ccccc3c(=O)n2-c2cccc(OC)c2)cs1. The summed E-state index contributed by atoms with van der Waals surface area (Å²) < 4.78 is 6.99. The number of methoxy groups -OCH3 is 1. The highest BCUT2D eigenvalue weighted by Gasteiger charge is 2.14. The molecule has 2 heterocycles. The van der Waals surface area contributed by atoms with Crippen molar-refractivity contribution in [3.05, 3.63) is 75.0 Å². The lowest BCUT2D eigenvalue weighted by Gasteiger charge is -2.13. The molecule has 4 aromatic rings. The van der Waals surface area contributed by atoms with Crippen LogP contribution in [-0.2, 0) is 12.2 Å². The fourth-order valence-corrected chi connectivity index (χ4v) is 4.66. The lowest BCUT2D eigenvalue weighted by molar-refractivity contribution is 0.414. The van der Waals surface area contributed by atoms with Crippen molar-refractivity contribution in [1.29, 1.82) is 0 Å². The Morgan fingerprint density at radius 1 is 1.14 bits per heavy atom. The maximum atomic E-state index is 13.3. The summed E-state index contributed by atoms with van der Waals surface area (Å²) in [6.45, 7) is 2.10. The van der Waals surface area contributed by atoms with Gasteiger partial charge in [0.2, 0.25) is 0 Å². The molecule has 0 radical (unpaired) electrons. The first-order valence-corrected chi connectivity index (χ1v) is 10.8. The molecule has 2 aromatic heterocycles. The number of thioether (sulfide) groups is 1. The van der Waals surface area contributed by atoms with Crippen LogP contribution >= 0.6 is 23.1 Å². The summed E-state index contributed by atoms with van der Waals surface area (Å²) in [5, 5.41) is 4.42. The van der Waals surface area contributed by atoms with Gasteiger partial charge in [-0.2, -0.15) is 0 Å². The average Bonchev–Trinajstić information content (AvgIpc) is 3.20. The molecule has 0 N–H and O–H groups in total. The van der Waals surface area contributed by atoms with Crippen LogP contribution in [0.3, 0.4) is 0 Å². The van der Waals surface area contributed by atoms with Crippen LogP contribution in [0, 0.1) is 0 Å². The van der Waals surface area contributed by atoms with Gasteiger partial charge in [0.15, 0.2) is 5.16 Å². The zero-order valence-corrected chi connectivity index (χ0v) is 17.2. The standard InChI is InChI=1S/C21H19N3O2S2/c1-3-19-22-14(12-27-19)13-28-21-23-18-10-5-4-9-17(18)20(25)24(21)15-7-6-8-16(11-15)26-2/h4-12H,3,13H2,1-2H3. The van der Waals surface area contributed by atoms with Crippen LogP contribution in [0.15, 0.2) is 63.9 Å². The fourth-order valence-electron chi connectivity index (χ4n) is 2.90. The Kier molecular flexibility index (Phi) is 5.45. The highest BCUT2D eigenvalue weighted by molar-refractivity contribution is 7.98. The minimum absolute atomic E-state index is 0.0890. The minimum Gasteiger partial charge on any atom is -0.497 e. The molecule has 0 saturated carbocycles. The Morgan fingerprint density at radius 3 is 2.79 bits per heavy atom. The predicted molar refractivity (Wildman–Crippen MR) is 115 cm³/mol. The number of ether oxygens (including phenoxy) is 1. The Morgan fingerprint density at radius 2 is 2.00 bits per heavy atom. The van der Waals surface area contributed by atoms with E-state index >= 15 is 0 Å². The molecule has 0 aliphatic rings. The second-order valence-corrected chi connectivity index (χ2v) is 8.01. The normalized spacial score (nSPS) is 11.1. The van der Waals surface area contributed by atoms with Gasteiger partial charge in [-0.3, -0.25) is 9.36 Å². The molecular formula is C21H19N3O2S2. The number of rotatable bonds is 6. The first-order valence-electron chi connectivity index (χ1n) is 8.92. The van der Waals surface area contributed by atoms with Gasteiger partial charge in [0.1, 0.15) is 5.75 Å². The zero-order chi connectivity index (χ0) is 19.5. The second-order valence-electron chi connectivity index (χ2n) is 6.13. The number of aromatic nitrogens is 3. The highest BCUT2D eigenvalue weighted by atomic mass is 32.2. The second kappa shape index (κ2) is 8.16. The van der Waals surface area contributed by atoms with Crippen LogP contribution in [0.4, 0.5) is 0 Å². The van der Waals surface area contributed by atoms with E-state index in [1.807, 2.05) is 48.5 Å². The number of fused-ring (bicyclic) bond motifs is 1. The van der Waals surface area contributed by atoms with Crippen LogP contribution in [0.2, 0.25) is 0 Å². The molecule has 0 aliphatic heterocycles. The number of para-hydroxylation sites is 1. The van der Waals surface area contributed by atoms with Gasteiger partial charge in [0.25, 0.3) is 5.56 Å². The number of aryl methyl sites for hydroxylation is 1. The van der Waals surface area contributed by atoms with Crippen molar-refractivity contribution >= 4 is 34.0 Å². The van der Waals surface area contributed by atoms with E-state index in [9.17, 15) is 4.79 Å². The van der Waals surface area contributed by atoms with Crippen molar-refractivity contribution < 1.29 is 4.74 Å². The highest BCUT2D eigenvalue weighted by Crippen LogP contribution is 2.26. The van der Waals surface area contributed by atoms with Gasteiger partial charge < -0.3 is 4.74 Å². The van der Waals surface area contributed by atoms with Gasteiger partial charge in [-0.25, -0.2) is 9.97 Å². The topological polar surface area (TPSA) is 57.0 Å². The van der Waals surface area contributed by atoms with Gasteiger partial charge in [-0.05, 0) is 30.7 Å². The van der Waals surface area contributed by atoms with E-state index in [2.05, 4.69) is 17.3 Å². The van der Waals surface area contributed by atoms with Crippen molar-refractivity contribution in [1.82, 2.24) is 14.5 Å². The summed E-state index contributed by atoms with van der Waals surface area (Å²) in [6.07, 6.45) is 0.929. The molecule has 0 fully saturated rings. The van der Waals surface area contributed by atoms with Gasteiger partial charge in [0, 0.05) is 17.2 Å². The molecule has 7 heteroatoms. The maximum Gasteiger partial charge on any atom is 0.266 e. The van der Waals surface area contributed by atoms with Gasteiger partial charge in [-0.1, -0.05) is 36.9 Å². The molecule has 0 aliphatic carbocycles. The Bertz CT molecular complexity index is 1180. The van der Waals surface area contributed by atoms with Crippen LogP contribution in [0.25, 0.3) is 16.6 Å². The lowest BCUT2D eigenvalue weighted by Crippen LogP contribution is -2.21. The number of thiazole rings is 1. The van der Waals surface area contributed by atoms with Crippen molar-refractivity contribution in [3.8, 4) is 11.4 Å². The molecule has 28 heavy (non-hydrogen) atoms. The number of benzene rings is 2. The number of hydrogen-bond donors (Lipinski definition) is 0.